The highest BCUT2D eigenvalue weighted by Crippen LogP contribution is 2.27. The lowest BCUT2D eigenvalue weighted by Crippen LogP contribution is -1.98. The standard InChI is InChI=1S/C11H10ClN3O3S/c1-19(16,17)8-4-2-7(3-5-8)18-10-9(12)6-14-11(13)15-10/h2-6H,1H3,(H2,13,14,15). The summed E-state index contributed by atoms with van der Waals surface area (Å²) in [4.78, 5) is 7.74. The van der Waals surface area contributed by atoms with E-state index in [0.29, 0.717) is 5.75 Å². The maximum Gasteiger partial charge on any atom is 0.243 e. The molecular formula is C11H10ClN3O3S. The smallest absolute Gasteiger partial charge is 0.243 e. The number of ether oxygens (including phenoxy) is 1. The quantitative estimate of drug-likeness (QED) is 0.930. The molecule has 0 unspecified atom stereocenters. The van der Waals surface area contributed by atoms with Crippen molar-refractivity contribution in [2.75, 3.05) is 12.0 Å². The van der Waals surface area contributed by atoms with Gasteiger partial charge in [-0.3, -0.25) is 0 Å². The molecule has 6 nitrogen and oxygen atoms in total. The molecule has 0 saturated heterocycles. The Hall–Kier alpha value is -1.86. The van der Waals surface area contributed by atoms with Gasteiger partial charge in [-0.1, -0.05) is 11.6 Å². The van der Waals surface area contributed by atoms with Crippen LogP contribution in [0.25, 0.3) is 0 Å². The lowest BCUT2D eigenvalue weighted by atomic mass is 10.3. The lowest BCUT2D eigenvalue weighted by molar-refractivity contribution is 0.462. The average molecular weight is 300 g/mol. The van der Waals surface area contributed by atoms with Crippen LogP contribution < -0.4 is 10.5 Å². The van der Waals surface area contributed by atoms with Gasteiger partial charge in [-0.2, -0.15) is 4.98 Å². The summed E-state index contributed by atoms with van der Waals surface area (Å²) in [5.41, 5.74) is 5.42. The van der Waals surface area contributed by atoms with E-state index in [-0.39, 0.29) is 21.7 Å². The number of hydrogen-bond acceptors (Lipinski definition) is 6. The lowest BCUT2D eigenvalue weighted by Gasteiger charge is -2.07. The molecule has 0 spiro atoms. The van der Waals surface area contributed by atoms with E-state index in [0.717, 1.165) is 6.26 Å². The van der Waals surface area contributed by atoms with Gasteiger partial charge in [0.1, 0.15) is 10.8 Å². The Bertz CT molecular complexity index is 702. The summed E-state index contributed by atoms with van der Waals surface area (Å²) in [7, 11) is -3.23. The van der Waals surface area contributed by atoms with Crippen molar-refractivity contribution in [3.63, 3.8) is 0 Å². The maximum absolute atomic E-state index is 11.3. The van der Waals surface area contributed by atoms with Crippen molar-refractivity contribution in [3.05, 3.63) is 35.5 Å². The van der Waals surface area contributed by atoms with Crippen LogP contribution in [-0.4, -0.2) is 24.6 Å². The zero-order valence-corrected chi connectivity index (χ0v) is 11.4. The van der Waals surface area contributed by atoms with Crippen LogP contribution in [0, 0.1) is 0 Å². The molecule has 0 aliphatic carbocycles. The molecule has 0 amide bonds. The first-order valence-corrected chi connectivity index (χ1v) is 7.39. The molecule has 1 aromatic carbocycles. The SMILES string of the molecule is CS(=O)(=O)c1ccc(Oc2nc(N)ncc2Cl)cc1. The number of halogens is 1. The van der Waals surface area contributed by atoms with Crippen LogP contribution >= 0.6 is 11.6 Å². The molecule has 0 radical (unpaired) electrons. The number of nitrogens with two attached hydrogens (primary N) is 1. The summed E-state index contributed by atoms with van der Waals surface area (Å²) in [5.74, 6) is 0.542. The summed E-state index contributed by atoms with van der Waals surface area (Å²) in [5, 5.41) is 0.210. The van der Waals surface area contributed by atoms with Gasteiger partial charge in [-0.15, -0.1) is 0 Å². The number of rotatable bonds is 3. The van der Waals surface area contributed by atoms with E-state index in [1.165, 1.54) is 30.5 Å². The van der Waals surface area contributed by atoms with Gasteiger partial charge in [0.25, 0.3) is 0 Å². The van der Waals surface area contributed by atoms with Crippen molar-refractivity contribution in [1.29, 1.82) is 0 Å². The number of sulfone groups is 1. The van der Waals surface area contributed by atoms with Gasteiger partial charge in [-0.25, -0.2) is 13.4 Å². The molecule has 19 heavy (non-hydrogen) atoms. The van der Waals surface area contributed by atoms with Crippen LogP contribution in [0.4, 0.5) is 5.95 Å². The van der Waals surface area contributed by atoms with Gasteiger partial charge < -0.3 is 10.5 Å². The molecule has 2 N–H and O–H groups in total. The fourth-order valence-electron chi connectivity index (χ4n) is 1.30. The second kappa shape index (κ2) is 5.02. The van der Waals surface area contributed by atoms with Gasteiger partial charge in [0, 0.05) is 6.26 Å². The van der Waals surface area contributed by atoms with E-state index in [1.54, 1.807) is 0 Å². The van der Waals surface area contributed by atoms with Crippen molar-refractivity contribution >= 4 is 27.4 Å². The summed E-state index contributed by atoms with van der Waals surface area (Å²) in [6.07, 6.45) is 2.45. The molecule has 100 valence electrons. The number of nitrogens with zero attached hydrogens (tertiary/aromatic N) is 2. The first kappa shape index (κ1) is 13.6. The van der Waals surface area contributed by atoms with Crippen molar-refractivity contribution in [2.45, 2.75) is 4.90 Å². The fourth-order valence-corrected chi connectivity index (χ4v) is 2.06. The average Bonchev–Trinajstić information content (AvgIpc) is 2.33. The summed E-state index contributed by atoms with van der Waals surface area (Å²) < 4.78 is 28.0. The second-order valence-corrected chi connectivity index (χ2v) is 6.15. The Labute approximate surface area is 115 Å². The third-order valence-corrected chi connectivity index (χ3v) is 3.58. The van der Waals surface area contributed by atoms with Crippen LogP contribution in [0.5, 0.6) is 11.6 Å². The van der Waals surface area contributed by atoms with E-state index in [1.807, 2.05) is 0 Å². The Morgan fingerprint density at radius 2 is 1.89 bits per heavy atom. The molecule has 1 heterocycles. The van der Waals surface area contributed by atoms with Crippen LogP contribution in [0.3, 0.4) is 0 Å². The van der Waals surface area contributed by atoms with E-state index in [9.17, 15) is 8.42 Å². The molecule has 1 aromatic heterocycles. The van der Waals surface area contributed by atoms with Crippen molar-refractivity contribution < 1.29 is 13.2 Å². The highest BCUT2D eigenvalue weighted by atomic mass is 35.5. The topological polar surface area (TPSA) is 95.2 Å². The van der Waals surface area contributed by atoms with E-state index < -0.39 is 9.84 Å². The highest BCUT2D eigenvalue weighted by Gasteiger charge is 2.09. The third kappa shape index (κ3) is 3.33. The summed E-state index contributed by atoms with van der Waals surface area (Å²) >= 11 is 5.85. The fraction of sp³-hybridized carbons (Fsp3) is 0.0909. The molecule has 0 aliphatic rings. The van der Waals surface area contributed by atoms with Crippen LogP contribution in [0.1, 0.15) is 0 Å². The third-order valence-electron chi connectivity index (χ3n) is 2.20. The van der Waals surface area contributed by atoms with Crippen molar-refractivity contribution in [1.82, 2.24) is 9.97 Å². The largest absolute Gasteiger partial charge is 0.437 e. The Morgan fingerprint density at radius 3 is 2.47 bits per heavy atom. The molecule has 8 heteroatoms. The van der Waals surface area contributed by atoms with Gasteiger partial charge in [0.2, 0.25) is 11.8 Å². The first-order chi connectivity index (χ1) is 8.86. The molecule has 0 fully saturated rings. The Balaban J connectivity index is 2.27. The van der Waals surface area contributed by atoms with Gasteiger partial charge in [0.05, 0.1) is 11.1 Å². The summed E-state index contributed by atoms with van der Waals surface area (Å²) in [6, 6.07) is 5.88. The number of hydrogen-bond donors (Lipinski definition) is 1. The number of benzene rings is 1. The van der Waals surface area contributed by atoms with E-state index in [2.05, 4.69) is 9.97 Å². The van der Waals surface area contributed by atoms with Crippen LogP contribution in [-0.2, 0) is 9.84 Å². The van der Waals surface area contributed by atoms with Crippen molar-refractivity contribution in [2.24, 2.45) is 0 Å². The van der Waals surface area contributed by atoms with Crippen LogP contribution in [0.15, 0.2) is 35.4 Å². The van der Waals surface area contributed by atoms with Gasteiger partial charge in [-0.05, 0) is 24.3 Å². The molecule has 2 rings (SSSR count). The number of aromatic nitrogens is 2. The molecule has 2 aromatic rings. The predicted octanol–water partition coefficient (Wildman–Crippen LogP) is 1.91. The monoisotopic (exact) mass is 299 g/mol. The maximum atomic E-state index is 11.3. The summed E-state index contributed by atoms with van der Waals surface area (Å²) in [6.45, 7) is 0. The molecule has 0 bridgehead atoms. The number of anilines is 1. The van der Waals surface area contributed by atoms with Gasteiger partial charge in [0.15, 0.2) is 9.84 Å². The molecule has 0 atom stereocenters. The van der Waals surface area contributed by atoms with E-state index >= 15 is 0 Å². The minimum absolute atomic E-state index is 0.0344. The Kier molecular flexibility index (Phi) is 3.59. The normalized spacial score (nSPS) is 11.3. The van der Waals surface area contributed by atoms with Gasteiger partial charge >= 0.3 is 0 Å². The van der Waals surface area contributed by atoms with E-state index in [4.69, 9.17) is 22.1 Å². The van der Waals surface area contributed by atoms with Crippen LogP contribution in [0.2, 0.25) is 5.02 Å². The Morgan fingerprint density at radius 1 is 1.26 bits per heavy atom. The molecular weight excluding hydrogens is 290 g/mol. The molecule has 0 saturated carbocycles. The number of nitrogen functional groups attached to an aromatic ring is 1. The second-order valence-electron chi connectivity index (χ2n) is 3.73. The minimum atomic E-state index is -3.23. The zero-order chi connectivity index (χ0) is 14.0. The first-order valence-electron chi connectivity index (χ1n) is 5.12. The van der Waals surface area contributed by atoms with Crippen molar-refractivity contribution in [3.8, 4) is 11.6 Å². The predicted molar refractivity (Wildman–Crippen MR) is 71.1 cm³/mol. The molecule has 0 aliphatic heterocycles. The zero-order valence-electron chi connectivity index (χ0n) is 9.87. The highest BCUT2D eigenvalue weighted by molar-refractivity contribution is 7.90. The minimum Gasteiger partial charge on any atom is -0.437 e.